The number of rotatable bonds is 2. The first kappa shape index (κ1) is 11.9. The van der Waals surface area contributed by atoms with Crippen LogP contribution >= 0.6 is 31.9 Å². The number of carbonyl (C=O) groups is 1. The van der Waals surface area contributed by atoms with Crippen molar-refractivity contribution in [3.05, 3.63) is 15.4 Å². The van der Waals surface area contributed by atoms with Gasteiger partial charge in [-0.3, -0.25) is 4.79 Å². The van der Waals surface area contributed by atoms with E-state index in [0.717, 1.165) is 12.8 Å². The van der Waals surface area contributed by atoms with Crippen molar-refractivity contribution in [2.24, 2.45) is 0 Å². The Morgan fingerprint density at radius 1 is 1.56 bits per heavy atom. The summed E-state index contributed by atoms with van der Waals surface area (Å²) in [5, 5.41) is 2.67. The Morgan fingerprint density at radius 3 is 3.00 bits per heavy atom. The van der Waals surface area contributed by atoms with Crippen LogP contribution in [0.4, 0.5) is 5.82 Å². The fourth-order valence-corrected chi connectivity index (χ4v) is 2.32. The van der Waals surface area contributed by atoms with Crippen molar-refractivity contribution in [3.8, 4) is 0 Å². The van der Waals surface area contributed by atoms with E-state index in [4.69, 9.17) is 4.74 Å². The molecule has 0 bridgehead atoms. The lowest BCUT2D eigenvalue weighted by Crippen LogP contribution is -2.27. The Morgan fingerprint density at radius 2 is 2.38 bits per heavy atom. The van der Waals surface area contributed by atoms with E-state index in [1.165, 1.54) is 6.20 Å². The molecular formula is C9H9Br2N3O2. The fourth-order valence-electron chi connectivity index (χ4n) is 1.41. The molecule has 5 nitrogen and oxygen atoms in total. The number of ether oxygens (including phenoxy) is 1. The highest BCUT2D eigenvalue weighted by molar-refractivity contribution is 9.11. The van der Waals surface area contributed by atoms with Gasteiger partial charge < -0.3 is 10.1 Å². The predicted molar refractivity (Wildman–Crippen MR) is 65.0 cm³/mol. The minimum absolute atomic E-state index is 0.171. The van der Waals surface area contributed by atoms with E-state index in [9.17, 15) is 4.79 Å². The van der Waals surface area contributed by atoms with Crippen LogP contribution < -0.4 is 5.32 Å². The van der Waals surface area contributed by atoms with Crippen LogP contribution in [-0.2, 0) is 9.53 Å². The molecular weight excluding hydrogens is 342 g/mol. The molecule has 86 valence electrons. The molecule has 7 heteroatoms. The van der Waals surface area contributed by atoms with Crippen molar-refractivity contribution in [1.29, 1.82) is 0 Å². The molecule has 1 aromatic rings. The first-order valence-electron chi connectivity index (χ1n) is 4.77. The van der Waals surface area contributed by atoms with E-state index >= 15 is 0 Å². The first-order valence-corrected chi connectivity index (χ1v) is 6.36. The standard InChI is InChI=1S/C9H9Br2N3O2/c10-6-4-12-8(7(11)13-6)14-9(15)5-2-1-3-16-5/h4-5H,1-3H2,(H,12,14,15). The number of anilines is 1. The summed E-state index contributed by atoms with van der Waals surface area (Å²) in [5.74, 6) is 0.235. The number of hydrogen-bond donors (Lipinski definition) is 1. The Labute approximate surface area is 109 Å². The maximum Gasteiger partial charge on any atom is 0.254 e. The molecule has 0 spiro atoms. The lowest BCUT2D eigenvalue weighted by molar-refractivity contribution is -0.124. The van der Waals surface area contributed by atoms with Crippen LogP contribution in [0.25, 0.3) is 0 Å². The van der Waals surface area contributed by atoms with Gasteiger partial charge in [0.1, 0.15) is 15.3 Å². The van der Waals surface area contributed by atoms with Crippen molar-refractivity contribution in [3.63, 3.8) is 0 Å². The van der Waals surface area contributed by atoms with E-state index in [1.807, 2.05) is 0 Å². The van der Waals surface area contributed by atoms with Gasteiger partial charge in [0.25, 0.3) is 5.91 Å². The Bertz CT molecular complexity index is 408. The molecule has 1 N–H and O–H groups in total. The minimum atomic E-state index is -0.364. The summed E-state index contributed by atoms with van der Waals surface area (Å²) in [4.78, 5) is 19.8. The zero-order valence-electron chi connectivity index (χ0n) is 8.24. The van der Waals surface area contributed by atoms with Gasteiger partial charge in [-0.2, -0.15) is 0 Å². The summed E-state index contributed by atoms with van der Waals surface area (Å²) < 4.78 is 6.37. The monoisotopic (exact) mass is 349 g/mol. The van der Waals surface area contributed by atoms with Gasteiger partial charge >= 0.3 is 0 Å². The lowest BCUT2D eigenvalue weighted by Gasteiger charge is -2.10. The first-order chi connectivity index (χ1) is 7.66. The highest BCUT2D eigenvalue weighted by Gasteiger charge is 2.24. The number of aromatic nitrogens is 2. The van der Waals surface area contributed by atoms with Gasteiger partial charge in [0.15, 0.2) is 5.82 Å². The molecule has 0 radical (unpaired) electrons. The molecule has 1 atom stereocenters. The van der Waals surface area contributed by atoms with E-state index in [2.05, 4.69) is 47.1 Å². The van der Waals surface area contributed by atoms with Crippen LogP contribution in [0.2, 0.25) is 0 Å². The molecule has 1 amide bonds. The summed E-state index contributed by atoms with van der Waals surface area (Å²) in [6.45, 7) is 0.644. The average Bonchev–Trinajstić information content (AvgIpc) is 2.75. The Kier molecular flexibility index (Phi) is 3.88. The highest BCUT2D eigenvalue weighted by atomic mass is 79.9. The van der Waals surface area contributed by atoms with Gasteiger partial charge in [-0.05, 0) is 44.7 Å². The SMILES string of the molecule is O=C(Nc1ncc(Br)nc1Br)C1CCCO1. The van der Waals surface area contributed by atoms with Gasteiger partial charge in [-0.1, -0.05) is 0 Å². The van der Waals surface area contributed by atoms with Gasteiger partial charge in [0, 0.05) is 6.61 Å². The van der Waals surface area contributed by atoms with Crippen LogP contribution in [-0.4, -0.2) is 28.6 Å². The van der Waals surface area contributed by atoms with E-state index < -0.39 is 0 Å². The van der Waals surface area contributed by atoms with Crippen LogP contribution in [0.5, 0.6) is 0 Å². The second-order valence-corrected chi connectivity index (χ2v) is 4.89. The fraction of sp³-hybridized carbons (Fsp3) is 0.444. The molecule has 2 heterocycles. The van der Waals surface area contributed by atoms with Crippen LogP contribution in [0.15, 0.2) is 15.4 Å². The minimum Gasteiger partial charge on any atom is -0.368 e. The number of amides is 1. The van der Waals surface area contributed by atoms with Crippen molar-refractivity contribution >= 4 is 43.6 Å². The number of nitrogens with zero attached hydrogens (tertiary/aromatic N) is 2. The number of hydrogen-bond acceptors (Lipinski definition) is 4. The van der Waals surface area contributed by atoms with E-state index in [1.54, 1.807) is 0 Å². The van der Waals surface area contributed by atoms with Crippen molar-refractivity contribution < 1.29 is 9.53 Å². The second-order valence-electron chi connectivity index (χ2n) is 3.32. The van der Waals surface area contributed by atoms with Crippen molar-refractivity contribution in [2.45, 2.75) is 18.9 Å². The van der Waals surface area contributed by atoms with Crippen molar-refractivity contribution in [1.82, 2.24) is 9.97 Å². The van der Waals surface area contributed by atoms with Gasteiger partial charge in [0.05, 0.1) is 6.20 Å². The average molecular weight is 351 g/mol. The largest absolute Gasteiger partial charge is 0.368 e. The Hall–Kier alpha value is -0.530. The van der Waals surface area contributed by atoms with Crippen molar-refractivity contribution in [2.75, 3.05) is 11.9 Å². The van der Waals surface area contributed by atoms with Crippen LogP contribution in [0.3, 0.4) is 0 Å². The maximum atomic E-state index is 11.7. The van der Waals surface area contributed by atoms with Gasteiger partial charge in [0.2, 0.25) is 0 Å². The summed E-state index contributed by atoms with van der Waals surface area (Å²) in [6.07, 6.45) is 2.84. The van der Waals surface area contributed by atoms with Gasteiger partial charge in [-0.15, -0.1) is 0 Å². The predicted octanol–water partition coefficient (Wildman–Crippen LogP) is 2.12. The molecule has 16 heavy (non-hydrogen) atoms. The lowest BCUT2D eigenvalue weighted by atomic mass is 10.2. The molecule has 1 fully saturated rings. The normalized spacial score (nSPS) is 19.8. The Balaban J connectivity index is 2.05. The molecule has 2 rings (SSSR count). The quantitative estimate of drug-likeness (QED) is 0.887. The van der Waals surface area contributed by atoms with E-state index in [0.29, 0.717) is 21.6 Å². The van der Waals surface area contributed by atoms with Crippen LogP contribution in [0.1, 0.15) is 12.8 Å². The second kappa shape index (κ2) is 5.20. The number of halogens is 2. The summed E-state index contributed by atoms with van der Waals surface area (Å²) in [6, 6.07) is 0. The third-order valence-corrected chi connectivity index (χ3v) is 3.10. The number of nitrogens with one attached hydrogen (secondary N) is 1. The molecule has 0 aliphatic carbocycles. The van der Waals surface area contributed by atoms with Crippen LogP contribution in [0, 0.1) is 0 Å². The third kappa shape index (κ3) is 2.78. The van der Waals surface area contributed by atoms with Gasteiger partial charge in [-0.25, -0.2) is 9.97 Å². The molecule has 1 saturated heterocycles. The summed E-state index contributed by atoms with van der Waals surface area (Å²) in [7, 11) is 0. The zero-order valence-corrected chi connectivity index (χ0v) is 11.4. The third-order valence-electron chi connectivity index (χ3n) is 2.16. The molecule has 1 unspecified atom stereocenters. The summed E-state index contributed by atoms with van der Waals surface area (Å²) in [5.41, 5.74) is 0. The molecule has 0 aromatic carbocycles. The molecule has 1 aromatic heterocycles. The maximum absolute atomic E-state index is 11.7. The topological polar surface area (TPSA) is 64.1 Å². The molecule has 1 aliphatic rings. The molecule has 1 aliphatic heterocycles. The zero-order chi connectivity index (χ0) is 11.5. The molecule has 0 saturated carbocycles. The highest BCUT2D eigenvalue weighted by Crippen LogP contribution is 2.21. The van der Waals surface area contributed by atoms with E-state index in [-0.39, 0.29) is 12.0 Å². The number of carbonyl (C=O) groups excluding carboxylic acids is 1. The summed E-state index contributed by atoms with van der Waals surface area (Å²) >= 11 is 6.41. The smallest absolute Gasteiger partial charge is 0.254 e.